The van der Waals surface area contributed by atoms with E-state index in [4.69, 9.17) is 32.5 Å². The van der Waals surface area contributed by atoms with Gasteiger partial charge in [-0.3, -0.25) is 14.4 Å². The molecule has 0 spiro atoms. The maximum atomic E-state index is 11.7. The Bertz CT molecular complexity index is 1120. The number of hydrogen-bond acceptors (Lipinski definition) is 12. The number of rotatable bonds is 15. The standard InChI is InChI=1S/2C11H16N4O5/c12-7(3-6-4-13-5-14-6)10(18)15-8(11(19)20)1-2-9(16)17;12-7(1-2-9(16)17)10(18)20-11(19)8(13)3-6-4-14-5-15-6/h4-5,7-8H,1-3,12H2,(H,13,14)(H,15,18)(H,16,17)(H,19,20);4-5,7-8H,1-3,12-13H2,(H,14,15)(H,16,17)/t2*7-,8-/m00/s1. The van der Waals surface area contributed by atoms with E-state index in [0.717, 1.165) is 0 Å². The Morgan fingerprint density at radius 1 is 0.775 bits per heavy atom. The molecule has 0 aromatic carbocycles. The maximum Gasteiger partial charge on any atom is 0.330 e. The Hall–Kier alpha value is -4.68. The molecule has 0 saturated carbocycles. The molecular formula is C22H32N8O10. The van der Waals surface area contributed by atoms with Crippen LogP contribution < -0.4 is 22.5 Å². The average Bonchev–Trinajstić information content (AvgIpc) is 3.59. The van der Waals surface area contributed by atoms with Crippen molar-refractivity contribution in [2.24, 2.45) is 17.2 Å². The van der Waals surface area contributed by atoms with Crippen LogP contribution in [0, 0.1) is 0 Å². The van der Waals surface area contributed by atoms with Crippen molar-refractivity contribution in [3.05, 3.63) is 36.4 Å². The number of carbonyl (C=O) groups is 6. The average molecular weight is 569 g/mol. The lowest BCUT2D eigenvalue weighted by Crippen LogP contribution is -2.49. The molecule has 40 heavy (non-hydrogen) atoms. The van der Waals surface area contributed by atoms with Crippen LogP contribution in [-0.4, -0.2) is 95.2 Å². The van der Waals surface area contributed by atoms with E-state index in [2.05, 4.69) is 30.0 Å². The van der Waals surface area contributed by atoms with Gasteiger partial charge in [0.25, 0.3) is 0 Å². The molecule has 2 rings (SSSR count). The number of imidazole rings is 2. The van der Waals surface area contributed by atoms with Gasteiger partial charge in [0.1, 0.15) is 18.1 Å². The van der Waals surface area contributed by atoms with Crippen LogP contribution in [0.15, 0.2) is 25.0 Å². The van der Waals surface area contributed by atoms with E-state index >= 15 is 0 Å². The van der Waals surface area contributed by atoms with Gasteiger partial charge in [0.2, 0.25) is 5.91 Å². The number of amides is 1. The van der Waals surface area contributed by atoms with Crippen molar-refractivity contribution < 1.29 is 48.8 Å². The highest BCUT2D eigenvalue weighted by atomic mass is 16.6. The summed E-state index contributed by atoms with van der Waals surface area (Å²) in [4.78, 5) is 79.6. The van der Waals surface area contributed by atoms with E-state index in [1.807, 2.05) is 0 Å². The molecule has 1 amide bonds. The summed E-state index contributed by atoms with van der Waals surface area (Å²) < 4.78 is 4.50. The van der Waals surface area contributed by atoms with E-state index in [-0.39, 0.29) is 38.5 Å². The fourth-order valence-corrected chi connectivity index (χ4v) is 2.88. The topological polar surface area (TPSA) is 320 Å². The zero-order valence-electron chi connectivity index (χ0n) is 21.2. The highest BCUT2D eigenvalue weighted by Crippen LogP contribution is 2.03. The molecule has 18 heteroatoms. The van der Waals surface area contributed by atoms with Crippen molar-refractivity contribution in [2.45, 2.75) is 62.7 Å². The lowest BCUT2D eigenvalue weighted by atomic mass is 10.1. The SMILES string of the molecule is N[C@@H](CCC(=O)O)C(=O)OC(=O)[C@@H](N)Cc1c[nH]cn1.N[C@@H](Cc1c[nH]cn1)C(=O)N[C@@H](CCC(=O)O)C(=O)O. The number of nitrogens with one attached hydrogen (secondary N) is 3. The number of aliphatic carboxylic acids is 3. The quantitative estimate of drug-likeness (QED) is 0.0776. The number of nitrogens with zero attached hydrogens (tertiary/aromatic N) is 2. The first-order valence-corrected chi connectivity index (χ1v) is 11.7. The number of carboxylic acids is 3. The molecule has 0 saturated heterocycles. The Balaban J connectivity index is 0.000000400. The van der Waals surface area contributed by atoms with Crippen molar-refractivity contribution in [2.75, 3.05) is 0 Å². The molecule has 2 aromatic heterocycles. The van der Waals surface area contributed by atoms with Gasteiger partial charge in [-0.15, -0.1) is 0 Å². The Morgan fingerprint density at radius 2 is 1.25 bits per heavy atom. The number of ether oxygens (including phenoxy) is 1. The second-order valence-corrected chi connectivity index (χ2v) is 8.35. The molecule has 0 aliphatic heterocycles. The molecule has 220 valence electrons. The van der Waals surface area contributed by atoms with Crippen LogP contribution in [0.2, 0.25) is 0 Å². The smallest absolute Gasteiger partial charge is 0.330 e. The number of hydrogen-bond donors (Lipinski definition) is 9. The van der Waals surface area contributed by atoms with E-state index in [0.29, 0.717) is 11.4 Å². The summed E-state index contributed by atoms with van der Waals surface area (Å²) in [6.07, 6.45) is 5.31. The normalized spacial score (nSPS) is 13.5. The third kappa shape index (κ3) is 13.2. The van der Waals surface area contributed by atoms with Crippen LogP contribution in [-0.2, 0) is 46.3 Å². The first-order chi connectivity index (χ1) is 18.8. The molecule has 4 atom stereocenters. The zero-order valence-corrected chi connectivity index (χ0v) is 21.2. The monoisotopic (exact) mass is 568 g/mol. The number of aromatic amines is 2. The van der Waals surface area contributed by atoms with Gasteiger partial charge in [-0.1, -0.05) is 0 Å². The highest BCUT2D eigenvalue weighted by molar-refractivity contribution is 5.91. The van der Waals surface area contributed by atoms with Gasteiger partial charge in [-0.25, -0.2) is 24.4 Å². The number of carboxylic acid groups (broad SMARTS) is 3. The van der Waals surface area contributed by atoms with Crippen LogP contribution in [0.5, 0.6) is 0 Å². The molecule has 12 N–H and O–H groups in total. The van der Waals surface area contributed by atoms with Crippen molar-refractivity contribution >= 4 is 35.8 Å². The van der Waals surface area contributed by atoms with Gasteiger partial charge in [-0.05, 0) is 12.8 Å². The summed E-state index contributed by atoms with van der Waals surface area (Å²) in [5.74, 6) is -6.10. The predicted molar refractivity (Wildman–Crippen MR) is 133 cm³/mol. The molecule has 2 aromatic rings. The molecule has 0 unspecified atom stereocenters. The van der Waals surface area contributed by atoms with Gasteiger partial charge < -0.3 is 52.5 Å². The van der Waals surface area contributed by atoms with E-state index < -0.39 is 59.9 Å². The second kappa shape index (κ2) is 17.0. The molecule has 0 radical (unpaired) electrons. The van der Waals surface area contributed by atoms with Crippen molar-refractivity contribution in [3.8, 4) is 0 Å². The number of H-pyrrole nitrogens is 2. The number of aromatic nitrogens is 4. The summed E-state index contributed by atoms with van der Waals surface area (Å²) in [7, 11) is 0. The fraction of sp³-hybridized carbons (Fsp3) is 0.455. The predicted octanol–water partition coefficient (Wildman–Crippen LogP) is -2.74. The molecule has 0 bridgehead atoms. The van der Waals surface area contributed by atoms with Crippen LogP contribution in [0.1, 0.15) is 37.1 Å². The van der Waals surface area contributed by atoms with E-state index in [1.165, 1.54) is 12.7 Å². The fourth-order valence-electron chi connectivity index (χ4n) is 2.88. The zero-order chi connectivity index (χ0) is 30.2. The van der Waals surface area contributed by atoms with Gasteiger partial charge in [0.15, 0.2) is 0 Å². The van der Waals surface area contributed by atoms with Gasteiger partial charge >= 0.3 is 29.8 Å². The Labute approximate surface area is 226 Å². The second-order valence-electron chi connectivity index (χ2n) is 8.35. The van der Waals surface area contributed by atoms with Crippen LogP contribution in [0.25, 0.3) is 0 Å². The molecular weight excluding hydrogens is 536 g/mol. The minimum atomic E-state index is -1.30. The number of nitrogens with two attached hydrogens (primary N) is 3. The summed E-state index contributed by atoms with van der Waals surface area (Å²) in [6.45, 7) is 0. The third-order valence-corrected chi connectivity index (χ3v) is 5.04. The molecule has 2 heterocycles. The third-order valence-electron chi connectivity index (χ3n) is 5.04. The van der Waals surface area contributed by atoms with Gasteiger partial charge in [0.05, 0.1) is 30.1 Å². The van der Waals surface area contributed by atoms with E-state index in [9.17, 15) is 28.8 Å². The summed E-state index contributed by atoms with van der Waals surface area (Å²) in [6, 6.07) is -4.45. The number of carbonyl (C=O) groups excluding carboxylic acids is 3. The summed E-state index contributed by atoms with van der Waals surface area (Å²) in [5.41, 5.74) is 17.7. The number of esters is 2. The first-order valence-electron chi connectivity index (χ1n) is 11.7. The first kappa shape index (κ1) is 33.3. The van der Waals surface area contributed by atoms with Crippen molar-refractivity contribution in [3.63, 3.8) is 0 Å². The minimum Gasteiger partial charge on any atom is -0.481 e. The molecule has 0 fully saturated rings. The Morgan fingerprint density at radius 3 is 1.70 bits per heavy atom. The minimum absolute atomic E-state index is 0.111. The summed E-state index contributed by atoms with van der Waals surface area (Å²) in [5, 5.41) is 28.1. The van der Waals surface area contributed by atoms with Gasteiger partial charge in [0, 0.05) is 38.1 Å². The van der Waals surface area contributed by atoms with Crippen LogP contribution in [0.4, 0.5) is 0 Å². The highest BCUT2D eigenvalue weighted by Gasteiger charge is 2.25. The maximum absolute atomic E-state index is 11.7. The van der Waals surface area contributed by atoms with Crippen LogP contribution in [0.3, 0.4) is 0 Å². The molecule has 0 aliphatic rings. The summed E-state index contributed by atoms with van der Waals surface area (Å²) >= 11 is 0. The van der Waals surface area contributed by atoms with Crippen molar-refractivity contribution in [1.29, 1.82) is 0 Å². The molecule has 18 nitrogen and oxygen atoms in total. The van der Waals surface area contributed by atoms with Crippen molar-refractivity contribution in [1.82, 2.24) is 25.3 Å². The van der Waals surface area contributed by atoms with E-state index in [1.54, 1.807) is 12.4 Å². The largest absolute Gasteiger partial charge is 0.481 e. The Kier molecular flexibility index (Phi) is 14.2. The lowest BCUT2D eigenvalue weighted by molar-refractivity contribution is -0.161. The van der Waals surface area contributed by atoms with Gasteiger partial charge in [-0.2, -0.15) is 0 Å². The molecule has 0 aliphatic carbocycles. The van der Waals surface area contributed by atoms with Crippen LogP contribution >= 0.6 is 0 Å². The lowest BCUT2D eigenvalue weighted by Gasteiger charge is -2.16.